The molecule has 0 unspecified atom stereocenters. The van der Waals surface area contributed by atoms with E-state index in [0.29, 0.717) is 0 Å². The Balaban J connectivity index is -0.0000000443. The first-order chi connectivity index (χ1) is 22.8. The molecule has 32 N–H and O–H groups in total. The molecule has 0 spiro atoms. The third-order valence-electron chi connectivity index (χ3n) is 11.2. The van der Waals surface area contributed by atoms with Crippen molar-refractivity contribution >= 4 is 0 Å². The fourth-order valence-corrected chi connectivity index (χ4v) is 7.13. The van der Waals surface area contributed by atoms with Crippen LogP contribution < -0.4 is 143 Å². The van der Waals surface area contributed by atoms with E-state index in [0.717, 1.165) is 77.0 Å². The molecule has 6 saturated carbocycles. The van der Waals surface area contributed by atoms with Crippen molar-refractivity contribution in [2.75, 3.05) is 0 Å². The first-order valence-corrected chi connectivity index (χ1v) is 19.9. The SMILES string of the molecule is N[C@@H]1CCCC[C@H]1N.N[C@@H]1CCCC[C@H]1N.N[C@@H]1CCCC[C@H]1N.N[C@H]1CCCC[C@@H]1N.N[C@H]1CCCC[C@@H]1N.N[C@H]1CCCC[C@@H]1N.O.O.O.O.[Cl-].[Cl-].[Cl-].[Cl-].[Cl-].[Cl-].[Co+3].[Cr+3]. The van der Waals surface area contributed by atoms with E-state index in [9.17, 15) is 0 Å². The van der Waals surface area contributed by atoms with Gasteiger partial charge in [-0.2, -0.15) is 0 Å². The van der Waals surface area contributed by atoms with Gasteiger partial charge in [0.1, 0.15) is 0 Å². The summed E-state index contributed by atoms with van der Waals surface area (Å²) in [7, 11) is 0. The van der Waals surface area contributed by atoms with E-state index >= 15 is 0 Å². The molecule has 60 heavy (non-hydrogen) atoms. The van der Waals surface area contributed by atoms with Gasteiger partial charge in [0, 0.05) is 72.5 Å². The molecule has 0 bridgehead atoms. The maximum Gasteiger partial charge on any atom is 3.00 e. The molecular weight excluding hydrogens is 988 g/mol. The number of hydrogen-bond donors (Lipinski definition) is 12. The molecule has 6 aliphatic carbocycles. The Kier molecular flexibility index (Phi) is 88.2. The molecule has 1 radical (unpaired) electrons. The van der Waals surface area contributed by atoms with Crippen molar-refractivity contribution in [3.05, 3.63) is 0 Å². The Morgan fingerprint density at radius 2 is 0.233 bits per heavy atom. The van der Waals surface area contributed by atoms with Crippen LogP contribution in [0.5, 0.6) is 0 Å². The summed E-state index contributed by atoms with van der Waals surface area (Å²) in [6, 6.07) is 3.37. The molecule has 0 saturated heterocycles. The van der Waals surface area contributed by atoms with Crippen LogP contribution in [0.25, 0.3) is 0 Å². The molecule has 0 aromatic heterocycles. The zero-order valence-corrected chi connectivity index (χ0v) is 42.7. The Labute approximate surface area is 423 Å². The predicted molar refractivity (Wildman–Crippen MR) is 221 cm³/mol. The van der Waals surface area contributed by atoms with Crippen molar-refractivity contribution in [3.8, 4) is 0 Å². The predicted octanol–water partition coefficient (Wildman–Crippen LogP) is -20.0. The van der Waals surface area contributed by atoms with Gasteiger partial charge in [-0.1, -0.05) is 77.0 Å². The zero-order valence-electron chi connectivity index (χ0n) is 35.8. The fourth-order valence-electron chi connectivity index (χ4n) is 7.13. The molecule has 0 amide bonds. The maximum absolute atomic E-state index is 5.65. The van der Waals surface area contributed by atoms with Crippen LogP contribution in [0.1, 0.15) is 154 Å². The van der Waals surface area contributed by atoms with E-state index in [1.807, 2.05) is 0 Å². The van der Waals surface area contributed by atoms with E-state index in [1.165, 1.54) is 77.0 Å². The van der Waals surface area contributed by atoms with Crippen molar-refractivity contribution in [1.29, 1.82) is 0 Å². The molecule has 377 valence electrons. The van der Waals surface area contributed by atoms with Gasteiger partial charge in [0.05, 0.1) is 0 Å². The second kappa shape index (κ2) is 57.3. The first-order valence-electron chi connectivity index (χ1n) is 19.9. The van der Waals surface area contributed by atoms with Gasteiger partial charge in [-0.3, -0.25) is 0 Å². The monoisotopic (exact) mass is 1080 g/mol. The summed E-state index contributed by atoms with van der Waals surface area (Å²) >= 11 is 0. The second-order valence-electron chi connectivity index (χ2n) is 15.7. The molecule has 24 heteroatoms. The summed E-state index contributed by atoms with van der Waals surface area (Å²) in [6.45, 7) is 0. The van der Waals surface area contributed by atoms with Crippen molar-refractivity contribution in [2.24, 2.45) is 68.8 Å². The van der Waals surface area contributed by atoms with Crippen LogP contribution in [0.15, 0.2) is 0 Å². The molecular formula is C36H92Cl6CoCrN12O4. The maximum atomic E-state index is 5.65. The average molecular weight is 1080 g/mol. The summed E-state index contributed by atoms with van der Waals surface area (Å²) in [5.74, 6) is 0. The van der Waals surface area contributed by atoms with E-state index in [4.69, 9.17) is 68.8 Å². The number of halogens is 6. The van der Waals surface area contributed by atoms with Crippen LogP contribution in [0.2, 0.25) is 0 Å². The summed E-state index contributed by atoms with van der Waals surface area (Å²) in [5, 5.41) is 0. The zero-order chi connectivity index (χ0) is 35.9. The number of nitrogens with two attached hydrogens (primary N) is 12. The molecule has 0 aliphatic heterocycles. The van der Waals surface area contributed by atoms with Crippen LogP contribution in [0, 0.1) is 0 Å². The van der Waals surface area contributed by atoms with Crippen LogP contribution in [-0.4, -0.2) is 94.4 Å². The van der Waals surface area contributed by atoms with Gasteiger partial charge < -0.3 is 165 Å². The van der Waals surface area contributed by atoms with Gasteiger partial charge in [-0.05, 0) is 77.0 Å². The Bertz CT molecular complexity index is 595. The fraction of sp³-hybridized carbons (Fsp3) is 1.00. The molecule has 0 heterocycles. The molecule has 6 fully saturated rings. The van der Waals surface area contributed by atoms with E-state index < -0.39 is 0 Å². The van der Waals surface area contributed by atoms with E-state index in [2.05, 4.69) is 0 Å². The molecule has 0 aromatic rings. The van der Waals surface area contributed by atoms with Gasteiger partial charge in [0.15, 0.2) is 0 Å². The van der Waals surface area contributed by atoms with Crippen molar-refractivity contribution < 1.29 is 130 Å². The van der Waals surface area contributed by atoms with Crippen LogP contribution in [0.3, 0.4) is 0 Å². The Hall–Kier alpha value is 2.14. The molecule has 6 aliphatic rings. The Morgan fingerprint density at radius 1 is 0.183 bits per heavy atom. The molecule has 6 rings (SSSR count). The second-order valence-corrected chi connectivity index (χ2v) is 15.7. The smallest absolute Gasteiger partial charge is 1.00 e. The number of rotatable bonds is 0. The average Bonchev–Trinajstić information content (AvgIpc) is 3.07. The van der Waals surface area contributed by atoms with Crippen molar-refractivity contribution in [1.82, 2.24) is 0 Å². The molecule has 16 nitrogen and oxygen atoms in total. The summed E-state index contributed by atoms with van der Waals surface area (Å²) in [6.07, 6.45) is 28.8. The standard InChI is InChI=1S/6C6H14N2.6ClH.Co.Cr.4H2O/c6*7-5-3-1-2-4-6(5)8;;;;;;;;;;;;/h6*5-6H,1-4,7-8H2;6*1H;;;4*1H2/q;;;;;;;;;;;;2*+3;;;;/p-6/t6*5-,6-;;;;;;;;;;;;/m111000............/s1. The van der Waals surface area contributed by atoms with Gasteiger partial charge in [-0.25, -0.2) is 0 Å². The minimum absolute atomic E-state index is 0. The van der Waals surface area contributed by atoms with E-state index in [-0.39, 0.29) is 203 Å². The van der Waals surface area contributed by atoms with Crippen LogP contribution >= 0.6 is 0 Å². The van der Waals surface area contributed by atoms with Crippen molar-refractivity contribution in [2.45, 2.75) is 227 Å². The van der Waals surface area contributed by atoms with Gasteiger partial charge in [-0.15, -0.1) is 0 Å². The third-order valence-corrected chi connectivity index (χ3v) is 11.2. The third kappa shape index (κ3) is 45.3. The minimum atomic E-state index is 0. The molecule has 12 atom stereocenters. The topological polar surface area (TPSA) is 438 Å². The number of hydrogen-bond acceptors (Lipinski definition) is 12. The summed E-state index contributed by atoms with van der Waals surface area (Å²) in [5.41, 5.74) is 67.8. The van der Waals surface area contributed by atoms with Gasteiger partial charge >= 0.3 is 34.1 Å². The first kappa shape index (κ1) is 92.4. The summed E-state index contributed by atoms with van der Waals surface area (Å²) < 4.78 is 0. The minimum Gasteiger partial charge on any atom is -1.00 e. The largest absolute Gasteiger partial charge is 3.00 e. The van der Waals surface area contributed by atoms with Gasteiger partial charge in [0.25, 0.3) is 0 Å². The van der Waals surface area contributed by atoms with Crippen molar-refractivity contribution in [3.63, 3.8) is 0 Å². The molecule has 0 aromatic carbocycles. The Morgan fingerprint density at radius 3 is 0.267 bits per heavy atom. The quantitative estimate of drug-likeness (QED) is 0.108. The van der Waals surface area contributed by atoms with Gasteiger partial charge in [0.2, 0.25) is 0 Å². The normalized spacial score (nSPS) is 31.8. The van der Waals surface area contributed by atoms with Crippen LogP contribution in [0.4, 0.5) is 0 Å². The summed E-state index contributed by atoms with van der Waals surface area (Å²) in [4.78, 5) is 0. The van der Waals surface area contributed by atoms with E-state index in [1.54, 1.807) is 0 Å². The van der Waals surface area contributed by atoms with Crippen LogP contribution in [-0.2, 0) is 34.1 Å².